The van der Waals surface area contributed by atoms with Gasteiger partial charge in [0.2, 0.25) is 0 Å². The summed E-state index contributed by atoms with van der Waals surface area (Å²) in [5.74, 6) is 0. The zero-order valence-electron chi connectivity index (χ0n) is 10.3. The second-order valence-electron chi connectivity index (χ2n) is 4.36. The number of hydrazine groups is 1. The molecule has 18 heavy (non-hydrogen) atoms. The van der Waals surface area contributed by atoms with Crippen molar-refractivity contribution in [3.8, 4) is 0 Å². The molecule has 1 heterocycles. The molecule has 1 fully saturated rings. The molecule has 0 aliphatic carbocycles. The van der Waals surface area contributed by atoms with E-state index in [4.69, 9.17) is 12.2 Å². The third-order valence-electron chi connectivity index (χ3n) is 2.87. The van der Waals surface area contributed by atoms with Crippen LogP contribution in [0.25, 0.3) is 0 Å². The van der Waals surface area contributed by atoms with Crippen molar-refractivity contribution in [3.05, 3.63) is 28.7 Å². The molecule has 0 amide bonds. The lowest BCUT2D eigenvalue weighted by atomic mass is 10.3. The van der Waals surface area contributed by atoms with Crippen LogP contribution in [0.15, 0.2) is 28.7 Å². The molecule has 0 aromatic heterocycles. The lowest BCUT2D eigenvalue weighted by molar-refractivity contribution is 0.131. The van der Waals surface area contributed by atoms with E-state index in [1.54, 1.807) is 0 Å². The first kappa shape index (κ1) is 13.7. The van der Waals surface area contributed by atoms with E-state index in [0.29, 0.717) is 5.11 Å². The molecule has 1 aromatic carbocycles. The second-order valence-corrected chi connectivity index (χ2v) is 5.69. The lowest BCUT2D eigenvalue weighted by Crippen LogP contribution is -2.53. The molecule has 6 heteroatoms. The molecular weight excluding hydrogens is 312 g/mol. The predicted octanol–water partition coefficient (Wildman–Crippen LogP) is 1.90. The smallest absolute Gasteiger partial charge is 0.185 e. The van der Waals surface area contributed by atoms with Gasteiger partial charge in [0.25, 0.3) is 0 Å². The fourth-order valence-corrected chi connectivity index (χ4v) is 2.27. The number of halogens is 1. The van der Waals surface area contributed by atoms with Gasteiger partial charge >= 0.3 is 0 Å². The standard InChI is InChI=1S/C12H17BrN4S/c1-16-6-8-17(9-7-16)15-12(18)14-11-4-2-10(13)3-5-11/h2-5H,6-9H2,1H3,(H2,14,15,18). The van der Waals surface area contributed by atoms with Crippen molar-refractivity contribution in [2.75, 3.05) is 38.5 Å². The first-order chi connectivity index (χ1) is 8.63. The Balaban J connectivity index is 1.80. The Kier molecular flexibility index (Phi) is 4.94. The molecule has 1 aliphatic heterocycles. The first-order valence-corrected chi connectivity index (χ1v) is 7.10. The molecule has 2 rings (SSSR count). The highest BCUT2D eigenvalue weighted by molar-refractivity contribution is 9.10. The van der Waals surface area contributed by atoms with Crippen molar-refractivity contribution in [1.82, 2.24) is 15.3 Å². The van der Waals surface area contributed by atoms with Crippen molar-refractivity contribution in [2.45, 2.75) is 0 Å². The van der Waals surface area contributed by atoms with Crippen LogP contribution in [0, 0.1) is 0 Å². The Bertz CT molecular complexity index is 401. The number of piperazine rings is 1. The van der Waals surface area contributed by atoms with Gasteiger partial charge in [-0.3, -0.25) is 5.43 Å². The normalized spacial score (nSPS) is 17.4. The van der Waals surface area contributed by atoms with E-state index in [9.17, 15) is 0 Å². The summed E-state index contributed by atoms with van der Waals surface area (Å²) in [7, 11) is 2.13. The summed E-state index contributed by atoms with van der Waals surface area (Å²) in [5.41, 5.74) is 4.21. The topological polar surface area (TPSA) is 30.5 Å². The number of rotatable bonds is 2. The van der Waals surface area contributed by atoms with Crippen LogP contribution in [0.4, 0.5) is 5.69 Å². The third-order valence-corrected chi connectivity index (χ3v) is 3.59. The quantitative estimate of drug-likeness (QED) is 0.810. The fourth-order valence-electron chi connectivity index (χ4n) is 1.75. The van der Waals surface area contributed by atoms with Gasteiger partial charge in [-0.05, 0) is 43.5 Å². The minimum absolute atomic E-state index is 0.641. The summed E-state index contributed by atoms with van der Waals surface area (Å²) in [6.07, 6.45) is 0. The van der Waals surface area contributed by atoms with Gasteiger partial charge in [0, 0.05) is 36.3 Å². The van der Waals surface area contributed by atoms with Gasteiger partial charge in [-0.15, -0.1) is 0 Å². The highest BCUT2D eigenvalue weighted by atomic mass is 79.9. The maximum atomic E-state index is 5.29. The van der Waals surface area contributed by atoms with Gasteiger partial charge in [0.15, 0.2) is 5.11 Å². The van der Waals surface area contributed by atoms with E-state index >= 15 is 0 Å². The van der Waals surface area contributed by atoms with E-state index in [1.807, 2.05) is 24.3 Å². The lowest BCUT2D eigenvalue weighted by Gasteiger charge is -2.33. The van der Waals surface area contributed by atoms with Crippen molar-refractivity contribution >= 4 is 38.9 Å². The van der Waals surface area contributed by atoms with Gasteiger partial charge in [-0.1, -0.05) is 15.9 Å². The highest BCUT2D eigenvalue weighted by Gasteiger charge is 2.14. The minimum atomic E-state index is 0.641. The van der Waals surface area contributed by atoms with E-state index < -0.39 is 0 Å². The number of hydrogen-bond acceptors (Lipinski definition) is 3. The molecule has 0 spiro atoms. The Labute approximate surface area is 121 Å². The number of benzene rings is 1. The monoisotopic (exact) mass is 328 g/mol. The average Bonchev–Trinajstić information content (AvgIpc) is 2.35. The second kappa shape index (κ2) is 6.47. The van der Waals surface area contributed by atoms with Crippen LogP contribution in [0.5, 0.6) is 0 Å². The Morgan fingerprint density at radius 1 is 1.17 bits per heavy atom. The molecule has 0 saturated carbocycles. The Hall–Kier alpha value is -0.690. The van der Waals surface area contributed by atoms with Gasteiger partial charge in [0.1, 0.15) is 0 Å². The molecule has 98 valence electrons. The van der Waals surface area contributed by atoms with Crippen LogP contribution >= 0.6 is 28.1 Å². The third kappa shape index (κ3) is 4.20. The van der Waals surface area contributed by atoms with Crippen molar-refractivity contribution < 1.29 is 0 Å². The average molecular weight is 329 g/mol. The number of nitrogens with one attached hydrogen (secondary N) is 2. The zero-order chi connectivity index (χ0) is 13.0. The summed E-state index contributed by atoms with van der Waals surface area (Å²) in [6.45, 7) is 4.10. The van der Waals surface area contributed by atoms with Gasteiger partial charge in [-0.25, -0.2) is 5.01 Å². The summed E-state index contributed by atoms with van der Waals surface area (Å²) in [4.78, 5) is 2.31. The summed E-state index contributed by atoms with van der Waals surface area (Å²) >= 11 is 8.70. The Morgan fingerprint density at radius 3 is 2.39 bits per heavy atom. The largest absolute Gasteiger partial charge is 0.332 e. The molecule has 0 radical (unpaired) electrons. The summed E-state index contributed by atoms with van der Waals surface area (Å²) in [5, 5.41) is 5.96. The molecule has 0 atom stereocenters. The maximum absolute atomic E-state index is 5.29. The maximum Gasteiger partial charge on any atom is 0.185 e. The minimum Gasteiger partial charge on any atom is -0.332 e. The molecule has 0 unspecified atom stereocenters. The zero-order valence-corrected chi connectivity index (χ0v) is 12.7. The number of hydrogen-bond donors (Lipinski definition) is 2. The molecule has 0 bridgehead atoms. The summed E-state index contributed by atoms with van der Waals surface area (Å²) < 4.78 is 1.06. The number of thiocarbonyl (C=S) groups is 1. The first-order valence-electron chi connectivity index (χ1n) is 5.90. The van der Waals surface area contributed by atoms with Crippen LogP contribution in [-0.2, 0) is 0 Å². The molecule has 4 nitrogen and oxygen atoms in total. The molecule has 2 N–H and O–H groups in total. The van der Waals surface area contributed by atoms with E-state index in [2.05, 4.69) is 43.6 Å². The molecule has 1 saturated heterocycles. The predicted molar refractivity (Wildman–Crippen MR) is 82.6 cm³/mol. The molecular formula is C12H17BrN4S. The van der Waals surface area contributed by atoms with Crippen molar-refractivity contribution in [1.29, 1.82) is 0 Å². The van der Waals surface area contributed by atoms with Crippen LogP contribution in [0.2, 0.25) is 0 Å². The van der Waals surface area contributed by atoms with Crippen molar-refractivity contribution in [2.24, 2.45) is 0 Å². The number of nitrogens with zero attached hydrogens (tertiary/aromatic N) is 2. The van der Waals surface area contributed by atoms with Gasteiger partial charge < -0.3 is 10.2 Å². The van der Waals surface area contributed by atoms with Crippen molar-refractivity contribution in [3.63, 3.8) is 0 Å². The van der Waals surface area contributed by atoms with E-state index in [1.165, 1.54) is 0 Å². The fraction of sp³-hybridized carbons (Fsp3) is 0.417. The Morgan fingerprint density at radius 2 is 1.78 bits per heavy atom. The number of likely N-dealkylation sites (N-methyl/N-ethyl adjacent to an activating group) is 1. The van der Waals surface area contributed by atoms with Crippen LogP contribution < -0.4 is 10.7 Å². The van der Waals surface area contributed by atoms with Gasteiger partial charge in [-0.2, -0.15) is 0 Å². The van der Waals surface area contributed by atoms with Gasteiger partial charge in [0.05, 0.1) is 0 Å². The van der Waals surface area contributed by atoms with Crippen LogP contribution in [-0.4, -0.2) is 48.2 Å². The van der Waals surface area contributed by atoms with Crippen LogP contribution in [0.3, 0.4) is 0 Å². The SMILES string of the molecule is CN1CCN(NC(=S)Nc2ccc(Br)cc2)CC1. The summed E-state index contributed by atoms with van der Waals surface area (Å²) in [6, 6.07) is 7.95. The molecule has 1 aromatic rings. The number of anilines is 1. The molecule has 1 aliphatic rings. The highest BCUT2D eigenvalue weighted by Crippen LogP contribution is 2.13. The van der Waals surface area contributed by atoms with Crippen LogP contribution in [0.1, 0.15) is 0 Å². The van der Waals surface area contributed by atoms with E-state index in [0.717, 1.165) is 36.3 Å². The van der Waals surface area contributed by atoms with E-state index in [-0.39, 0.29) is 0 Å².